The van der Waals surface area contributed by atoms with Gasteiger partial charge in [-0.15, -0.1) is 0 Å². The SMILES string of the molecule is Cc1ccc(S(=O)(=O)NCCC(=O)N(C)C2CC3CCC(C2)N3)cc1. The van der Waals surface area contributed by atoms with E-state index in [0.29, 0.717) is 12.1 Å². The van der Waals surface area contributed by atoms with E-state index in [4.69, 9.17) is 0 Å². The summed E-state index contributed by atoms with van der Waals surface area (Å²) in [4.78, 5) is 14.5. The van der Waals surface area contributed by atoms with Crippen LogP contribution in [0.25, 0.3) is 0 Å². The highest BCUT2D eigenvalue weighted by atomic mass is 32.2. The molecule has 0 aromatic heterocycles. The van der Waals surface area contributed by atoms with Gasteiger partial charge in [0.05, 0.1) is 4.90 Å². The first-order chi connectivity index (χ1) is 11.8. The minimum atomic E-state index is -3.56. The van der Waals surface area contributed by atoms with Gasteiger partial charge < -0.3 is 10.2 Å². The lowest BCUT2D eigenvalue weighted by atomic mass is 9.98. The quantitative estimate of drug-likeness (QED) is 0.799. The number of hydrogen-bond acceptors (Lipinski definition) is 4. The normalized spacial score (nSPS) is 25.8. The Morgan fingerprint density at radius 3 is 2.40 bits per heavy atom. The molecule has 138 valence electrons. The fraction of sp³-hybridized carbons (Fsp3) is 0.611. The summed E-state index contributed by atoms with van der Waals surface area (Å²) in [6, 6.07) is 8.00. The van der Waals surface area contributed by atoms with Gasteiger partial charge in [-0.1, -0.05) is 17.7 Å². The third kappa shape index (κ3) is 4.40. The molecular weight excluding hydrogens is 338 g/mol. The molecule has 1 amide bonds. The first kappa shape index (κ1) is 18.4. The van der Waals surface area contributed by atoms with Crippen LogP contribution in [-0.4, -0.2) is 50.9 Å². The molecule has 2 heterocycles. The summed E-state index contributed by atoms with van der Waals surface area (Å²) in [5.41, 5.74) is 1.01. The molecule has 2 bridgehead atoms. The van der Waals surface area contributed by atoms with Crippen molar-refractivity contribution in [1.29, 1.82) is 0 Å². The van der Waals surface area contributed by atoms with Crippen molar-refractivity contribution in [2.75, 3.05) is 13.6 Å². The number of nitrogens with zero attached hydrogens (tertiary/aromatic N) is 1. The van der Waals surface area contributed by atoms with Gasteiger partial charge in [0.1, 0.15) is 0 Å². The van der Waals surface area contributed by atoms with Gasteiger partial charge in [0.25, 0.3) is 0 Å². The zero-order valence-corrected chi connectivity index (χ0v) is 15.7. The number of nitrogens with one attached hydrogen (secondary N) is 2. The number of piperidine rings is 1. The summed E-state index contributed by atoms with van der Waals surface area (Å²) in [7, 11) is -1.72. The Kier molecular flexibility index (Phi) is 5.46. The predicted octanol–water partition coefficient (Wildman–Crippen LogP) is 1.40. The molecule has 25 heavy (non-hydrogen) atoms. The number of amides is 1. The molecule has 7 heteroatoms. The topological polar surface area (TPSA) is 78.5 Å². The van der Waals surface area contributed by atoms with Crippen LogP contribution in [0.3, 0.4) is 0 Å². The molecule has 2 atom stereocenters. The van der Waals surface area contributed by atoms with Crippen LogP contribution >= 0.6 is 0 Å². The van der Waals surface area contributed by atoms with Crippen LogP contribution in [-0.2, 0) is 14.8 Å². The summed E-state index contributed by atoms with van der Waals surface area (Å²) in [5.74, 6) is -0.00194. The average Bonchev–Trinajstić information content (AvgIpc) is 2.92. The van der Waals surface area contributed by atoms with Crippen LogP contribution in [0, 0.1) is 6.92 Å². The van der Waals surface area contributed by atoms with Crippen LogP contribution in [0.1, 0.15) is 37.7 Å². The van der Waals surface area contributed by atoms with Crippen molar-refractivity contribution in [1.82, 2.24) is 14.9 Å². The maximum atomic E-state index is 12.4. The highest BCUT2D eigenvalue weighted by Gasteiger charge is 2.36. The lowest BCUT2D eigenvalue weighted by Crippen LogP contribution is -2.49. The third-order valence-electron chi connectivity index (χ3n) is 5.35. The molecule has 2 N–H and O–H groups in total. The highest BCUT2D eigenvalue weighted by molar-refractivity contribution is 7.89. The molecule has 0 saturated carbocycles. The van der Waals surface area contributed by atoms with E-state index >= 15 is 0 Å². The van der Waals surface area contributed by atoms with E-state index in [-0.39, 0.29) is 29.8 Å². The Morgan fingerprint density at radius 2 is 1.80 bits per heavy atom. The van der Waals surface area contributed by atoms with Crippen molar-refractivity contribution in [2.45, 2.75) is 62.0 Å². The Bertz CT molecular complexity index is 706. The first-order valence-corrected chi connectivity index (χ1v) is 10.4. The van der Waals surface area contributed by atoms with Crippen molar-refractivity contribution in [3.05, 3.63) is 29.8 Å². The Labute approximate surface area is 150 Å². The van der Waals surface area contributed by atoms with E-state index < -0.39 is 10.0 Å². The van der Waals surface area contributed by atoms with Gasteiger partial charge >= 0.3 is 0 Å². The van der Waals surface area contributed by atoms with Crippen molar-refractivity contribution in [3.63, 3.8) is 0 Å². The fourth-order valence-corrected chi connectivity index (χ4v) is 4.85. The molecule has 6 nitrogen and oxygen atoms in total. The van der Waals surface area contributed by atoms with Crippen LogP contribution in [0.15, 0.2) is 29.2 Å². The number of aryl methyl sites for hydroxylation is 1. The number of carbonyl (C=O) groups excluding carboxylic acids is 1. The standard InChI is InChI=1S/C18H27N3O3S/c1-13-3-7-17(8-4-13)25(23,24)19-10-9-18(22)21(2)16-11-14-5-6-15(12-16)20-14/h3-4,7-8,14-16,19-20H,5-6,9-12H2,1-2H3. The van der Waals surface area contributed by atoms with Crippen LogP contribution < -0.4 is 10.0 Å². The summed E-state index contributed by atoms with van der Waals surface area (Å²) in [6.45, 7) is 2.03. The largest absolute Gasteiger partial charge is 0.343 e. The molecular formula is C18H27N3O3S. The van der Waals surface area contributed by atoms with Gasteiger partial charge in [0, 0.05) is 38.1 Å². The van der Waals surface area contributed by atoms with Gasteiger partial charge in [-0.05, 0) is 44.7 Å². The minimum Gasteiger partial charge on any atom is -0.343 e. The van der Waals surface area contributed by atoms with E-state index in [9.17, 15) is 13.2 Å². The smallest absolute Gasteiger partial charge is 0.240 e. The van der Waals surface area contributed by atoms with Crippen LogP contribution in [0.2, 0.25) is 0 Å². The van der Waals surface area contributed by atoms with Gasteiger partial charge in [-0.2, -0.15) is 0 Å². The molecule has 1 aromatic rings. The Hall–Kier alpha value is -1.44. The number of fused-ring (bicyclic) bond motifs is 2. The zero-order chi connectivity index (χ0) is 18.0. The van der Waals surface area contributed by atoms with Crippen molar-refractivity contribution < 1.29 is 13.2 Å². The van der Waals surface area contributed by atoms with Gasteiger partial charge in [0.15, 0.2) is 0 Å². The Balaban J connectivity index is 1.49. The molecule has 2 aliphatic heterocycles. The molecule has 0 aliphatic carbocycles. The molecule has 2 saturated heterocycles. The fourth-order valence-electron chi connectivity index (χ4n) is 3.82. The molecule has 0 spiro atoms. The summed E-state index contributed by atoms with van der Waals surface area (Å²) in [6.07, 6.45) is 4.56. The van der Waals surface area contributed by atoms with Crippen molar-refractivity contribution in [3.8, 4) is 0 Å². The second-order valence-corrected chi connectivity index (χ2v) is 9.00. The molecule has 2 fully saturated rings. The van der Waals surface area contributed by atoms with Gasteiger partial charge in [0.2, 0.25) is 15.9 Å². The second-order valence-electron chi connectivity index (χ2n) is 7.23. The van der Waals surface area contributed by atoms with E-state index in [1.54, 1.807) is 24.3 Å². The summed E-state index contributed by atoms with van der Waals surface area (Å²) in [5, 5.41) is 3.57. The first-order valence-electron chi connectivity index (χ1n) is 8.93. The number of benzene rings is 1. The molecule has 0 radical (unpaired) electrons. The minimum absolute atomic E-state index is 0.00194. The lowest BCUT2D eigenvalue weighted by Gasteiger charge is -2.35. The third-order valence-corrected chi connectivity index (χ3v) is 6.83. The Morgan fingerprint density at radius 1 is 1.20 bits per heavy atom. The summed E-state index contributed by atoms with van der Waals surface area (Å²) < 4.78 is 27.0. The second kappa shape index (κ2) is 7.43. The van der Waals surface area contributed by atoms with E-state index in [0.717, 1.165) is 18.4 Å². The lowest BCUT2D eigenvalue weighted by molar-refractivity contribution is -0.132. The molecule has 1 aromatic carbocycles. The van der Waals surface area contributed by atoms with Gasteiger partial charge in [-0.25, -0.2) is 13.1 Å². The number of sulfonamides is 1. The monoisotopic (exact) mass is 365 g/mol. The summed E-state index contributed by atoms with van der Waals surface area (Å²) >= 11 is 0. The van der Waals surface area contributed by atoms with E-state index in [1.165, 1.54) is 12.8 Å². The predicted molar refractivity (Wildman–Crippen MR) is 96.7 cm³/mol. The number of hydrogen-bond donors (Lipinski definition) is 2. The molecule has 2 aliphatic rings. The molecule has 3 rings (SSSR count). The highest BCUT2D eigenvalue weighted by Crippen LogP contribution is 2.29. The van der Waals surface area contributed by atoms with Crippen molar-refractivity contribution in [2.24, 2.45) is 0 Å². The van der Waals surface area contributed by atoms with Crippen molar-refractivity contribution >= 4 is 15.9 Å². The zero-order valence-electron chi connectivity index (χ0n) is 14.9. The maximum absolute atomic E-state index is 12.4. The maximum Gasteiger partial charge on any atom is 0.240 e. The molecule has 2 unspecified atom stereocenters. The number of carbonyl (C=O) groups is 1. The van der Waals surface area contributed by atoms with E-state index in [2.05, 4.69) is 10.0 Å². The average molecular weight is 365 g/mol. The number of rotatable bonds is 6. The van der Waals surface area contributed by atoms with E-state index in [1.807, 2.05) is 18.9 Å². The van der Waals surface area contributed by atoms with Crippen LogP contribution in [0.4, 0.5) is 0 Å². The van der Waals surface area contributed by atoms with Crippen LogP contribution in [0.5, 0.6) is 0 Å². The van der Waals surface area contributed by atoms with Gasteiger partial charge in [-0.3, -0.25) is 4.79 Å².